The standard InChI is InChI=1S/C8H16B2/c1-6-7(2)10(5)8(3)9(6)4/h8H,1-5H3. The van der Waals surface area contributed by atoms with Gasteiger partial charge in [-0.1, -0.05) is 40.1 Å². The van der Waals surface area contributed by atoms with Crippen LogP contribution in [0.1, 0.15) is 20.8 Å². The quantitative estimate of drug-likeness (QED) is 0.446. The Balaban J connectivity index is 2.88. The Bertz CT molecular complexity index is 154. The first-order chi connectivity index (χ1) is 4.55. The summed E-state index contributed by atoms with van der Waals surface area (Å²) in [5.74, 6) is 0. The van der Waals surface area contributed by atoms with Crippen LogP contribution in [0.2, 0.25) is 19.4 Å². The van der Waals surface area contributed by atoms with Crippen molar-refractivity contribution in [3.63, 3.8) is 0 Å². The highest BCUT2D eigenvalue weighted by Crippen LogP contribution is 2.32. The molecule has 1 aliphatic heterocycles. The molecule has 0 radical (unpaired) electrons. The van der Waals surface area contributed by atoms with E-state index in [9.17, 15) is 0 Å². The van der Waals surface area contributed by atoms with Crippen molar-refractivity contribution in [2.24, 2.45) is 0 Å². The Labute approximate surface area is 65.2 Å². The normalized spacial score (nSPS) is 21.3. The fraction of sp³-hybridized carbons (Fsp3) is 0.750. The van der Waals surface area contributed by atoms with Crippen molar-refractivity contribution in [3.05, 3.63) is 10.9 Å². The van der Waals surface area contributed by atoms with Gasteiger partial charge in [0.15, 0.2) is 13.4 Å². The van der Waals surface area contributed by atoms with E-state index in [0.717, 1.165) is 19.1 Å². The van der Waals surface area contributed by atoms with Crippen molar-refractivity contribution in [3.8, 4) is 0 Å². The van der Waals surface area contributed by atoms with E-state index in [1.165, 1.54) is 0 Å². The lowest BCUT2D eigenvalue weighted by Crippen LogP contribution is -2.19. The third-order valence-corrected chi connectivity index (χ3v) is 3.57. The predicted molar refractivity (Wildman–Crippen MR) is 51.0 cm³/mol. The van der Waals surface area contributed by atoms with Crippen LogP contribution in [-0.4, -0.2) is 13.4 Å². The van der Waals surface area contributed by atoms with Gasteiger partial charge in [0.1, 0.15) is 0 Å². The minimum Gasteiger partial charge on any atom is -0.114 e. The van der Waals surface area contributed by atoms with E-state index >= 15 is 0 Å². The van der Waals surface area contributed by atoms with Crippen molar-refractivity contribution < 1.29 is 0 Å². The third kappa shape index (κ3) is 0.941. The van der Waals surface area contributed by atoms with Gasteiger partial charge in [-0.25, -0.2) is 0 Å². The molecule has 0 saturated carbocycles. The molecule has 1 heterocycles. The van der Waals surface area contributed by atoms with Gasteiger partial charge in [0, 0.05) is 0 Å². The first-order valence-electron chi connectivity index (χ1n) is 4.23. The van der Waals surface area contributed by atoms with Gasteiger partial charge in [-0.05, 0) is 0 Å². The van der Waals surface area contributed by atoms with Crippen LogP contribution in [0.4, 0.5) is 0 Å². The highest BCUT2D eigenvalue weighted by molar-refractivity contribution is 6.90. The number of rotatable bonds is 0. The lowest BCUT2D eigenvalue weighted by atomic mass is 9.28. The largest absolute Gasteiger partial charge is 0.161 e. The molecule has 0 aromatic carbocycles. The lowest BCUT2D eigenvalue weighted by molar-refractivity contribution is 1.27. The second-order valence-electron chi connectivity index (χ2n) is 3.80. The van der Waals surface area contributed by atoms with Gasteiger partial charge in [0.2, 0.25) is 0 Å². The van der Waals surface area contributed by atoms with Crippen LogP contribution in [-0.2, 0) is 0 Å². The number of allylic oxidation sites excluding steroid dienone is 2. The fourth-order valence-corrected chi connectivity index (χ4v) is 1.94. The average Bonchev–Trinajstić information content (AvgIpc) is 2.07. The molecule has 0 bridgehead atoms. The van der Waals surface area contributed by atoms with E-state index in [2.05, 4.69) is 34.4 Å². The first kappa shape index (κ1) is 7.97. The maximum atomic E-state index is 2.36. The Hall–Kier alpha value is -0.130. The molecule has 0 unspecified atom stereocenters. The molecule has 0 atom stereocenters. The van der Waals surface area contributed by atoms with Crippen LogP contribution >= 0.6 is 0 Å². The predicted octanol–water partition coefficient (Wildman–Crippen LogP) is 2.59. The fourth-order valence-electron chi connectivity index (χ4n) is 1.94. The Morgan fingerprint density at radius 3 is 1.40 bits per heavy atom. The molecular weight excluding hydrogens is 118 g/mol. The molecule has 0 aromatic heterocycles. The smallest absolute Gasteiger partial charge is 0.114 e. The molecule has 10 heavy (non-hydrogen) atoms. The molecule has 0 saturated heterocycles. The zero-order valence-corrected chi connectivity index (χ0v) is 7.73. The minimum absolute atomic E-state index is 0.815. The summed E-state index contributed by atoms with van der Waals surface area (Å²) in [4.78, 5) is 0. The maximum Gasteiger partial charge on any atom is 0.161 e. The van der Waals surface area contributed by atoms with Crippen LogP contribution in [0.5, 0.6) is 0 Å². The number of hydrogen-bond donors (Lipinski definition) is 0. The Kier molecular flexibility index (Phi) is 1.98. The zero-order valence-electron chi connectivity index (χ0n) is 7.73. The van der Waals surface area contributed by atoms with Crippen LogP contribution in [0.15, 0.2) is 10.9 Å². The molecule has 0 N–H and O–H groups in total. The summed E-state index contributed by atoms with van der Waals surface area (Å²) < 4.78 is 0. The van der Waals surface area contributed by atoms with Crippen LogP contribution in [0.25, 0.3) is 0 Å². The maximum absolute atomic E-state index is 2.36. The lowest BCUT2D eigenvalue weighted by Gasteiger charge is -2.10. The molecule has 0 nitrogen and oxygen atoms in total. The summed E-state index contributed by atoms with van der Waals surface area (Å²) in [6.07, 6.45) is 0. The molecule has 0 spiro atoms. The van der Waals surface area contributed by atoms with Gasteiger partial charge in [-0.3, -0.25) is 0 Å². The van der Waals surface area contributed by atoms with Gasteiger partial charge in [-0.2, -0.15) is 0 Å². The molecule has 0 aromatic rings. The van der Waals surface area contributed by atoms with Crippen molar-refractivity contribution in [1.82, 2.24) is 0 Å². The van der Waals surface area contributed by atoms with Gasteiger partial charge >= 0.3 is 0 Å². The minimum atomic E-state index is 0.815. The van der Waals surface area contributed by atoms with Crippen LogP contribution in [0.3, 0.4) is 0 Å². The second kappa shape index (κ2) is 2.48. The topological polar surface area (TPSA) is 0 Å². The van der Waals surface area contributed by atoms with E-state index in [4.69, 9.17) is 0 Å². The van der Waals surface area contributed by atoms with E-state index in [1.54, 1.807) is 10.9 Å². The SMILES string of the molecule is CB1C(C)=C(C)B(C)C1C. The summed E-state index contributed by atoms with van der Waals surface area (Å²) in [5, 5.41) is 0. The molecule has 0 fully saturated rings. The number of hydrogen-bond acceptors (Lipinski definition) is 0. The molecule has 54 valence electrons. The molecule has 1 aliphatic rings. The molecule has 0 aliphatic carbocycles. The monoisotopic (exact) mass is 134 g/mol. The molecule has 0 amide bonds. The van der Waals surface area contributed by atoms with E-state index < -0.39 is 0 Å². The van der Waals surface area contributed by atoms with E-state index in [1.807, 2.05) is 0 Å². The van der Waals surface area contributed by atoms with Gasteiger partial charge in [-0.15, -0.1) is 10.9 Å². The van der Waals surface area contributed by atoms with Crippen LogP contribution in [0, 0.1) is 0 Å². The molecule has 2 heteroatoms. The Morgan fingerprint density at radius 1 is 1.00 bits per heavy atom. The summed E-state index contributed by atoms with van der Waals surface area (Å²) in [7, 11) is 0. The summed E-state index contributed by atoms with van der Waals surface area (Å²) in [6.45, 7) is 13.2. The van der Waals surface area contributed by atoms with Crippen molar-refractivity contribution in [1.29, 1.82) is 0 Å². The highest BCUT2D eigenvalue weighted by atomic mass is 14.0. The van der Waals surface area contributed by atoms with Crippen molar-refractivity contribution in [2.75, 3.05) is 0 Å². The first-order valence-corrected chi connectivity index (χ1v) is 4.23. The Morgan fingerprint density at radius 2 is 1.30 bits per heavy atom. The zero-order chi connectivity index (χ0) is 7.89. The third-order valence-electron chi connectivity index (χ3n) is 3.57. The highest BCUT2D eigenvalue weighted by Gasteiger charge is 2.34. The van der Waals surface area contributed by atoms with Crippen molar-refractivity contribution >= 4 is 13.4 Å². The van der Waals surface area contributed by atoms with Gasteiger partial charge in [0.25, 0.3) is 0 Å². The van der Waals surface area contributed by atoms with Crippen molar-refractivity contribution in [2.45, 2.75) is 40.1 Å². The van der Waals surface area contributed by atoms with Crippen LogP contribution < -0.4 is 0 Å². The van der Waals surface area contributed by atoms with E-state index in [0.29, 0.717) is 0 Å². The van der Waals surface area contributed by atoms with Gasteiger partial charge < -0.3 is 0 Å². The summed E-state index contributed by atoms with van der Waals surface area (Å²) in [6, 6.07) is 0. The molecular formula is C8H16B2. The average molecular weight is 134 g/mol. The van der Waals surface area contributed by atoms with Gasteiger partial charge in [0.05, 0.1) is 0 Å². The summed E-state index contributed by atoms with van der Waals surface area (Å²) in [5.41, 5.74) is 4.11. The second-order valence-corrected chi connectivity index (χ2v) is 3.80. The molecule has 1 rings (SSSR count). The summed E-state index contributed by atoms with van der Waals surface area (Å²) >= 11 is 0. The van der Waals surface area contributed by atoms with E-state index in [-0.39, 0.29) is 0 Å².